The van der Waals surface area contributed by atoms with E-state index in [4.69, 9.17) is 4.74 Å². The van der Waals surface area contributed by atoms with Crippen LogP contribution < -0.4 is 0 Å². The van der Waals surface area contributed by atoms with E-state index in [1.54, 1.807) is 0 Å². The van der Waals surface area contributed by atoms with Gasteiger partial charge in [0, 0.05) is 5.75 Å². The molecule has 0 saturated heterocycles. The Morgan fingerprint density at radius 3 is 2.45 bits per heavy atom. The number of carbonyl (C=O) groups is 1. The number of hydrogen-bond donors (Lipinski definition) is 2. The van der Waals surface area contributed by atoms with Gasteiger partial charge in [0.15, 0.2) is 0 Å². The minimum Gasteiger partial charge on any atom is -0.466 e. The first-order chi connectivity index (χ1) is 5.31. The highest BCUT2D eigenvalue weighted by Gasteiger charge is 1.98. The van der Waals surface area contributed by atoms with Gasteiger partial charge in [-0.2, -0.15) is 25.3 Å². The van der Waals surface area contributed by atoms with Crippen molar-refractivity contribution in [1.29, 1.82) is 0 Å². The monoisotopic (exact) mass is 194 g/mol. The first-order valence-corrected chi connectivity index (χ1v) is 4.95. The van der Waals surface area contributed by atoms with Crippen LogP contribution >= 0.6 is 25.3 Å². The van der Waals surface area contributed by atoms with Crippen LogP contribution in [0.3, 0.4) is 0 Å². The molecule has 0 saturated carbocycles. The molecular formula is C7H14O2S2. The summed E-state index contributed by atoms with van der Waals surface area (Å²) < 4.78 is 4.86. The van der Waals surface area contributed by atoms with Gasteiger partial charge in [0.1, 0.15) is 0 Å². The maximum atomic E-state index is 10.7. The molecular weight excluding hydrogens is 180 g/mol. The molecule has 0 unspecified atom stereocenters. The summed E-state index contributed by atoms with van der Waals surface area (Å²) in [6.45, 7) is 0.521. The van der Waals surface area contributed by atoms with Crippen molar-refractivity contribution in [3.8, 4) is 0 Å². The van der Waals surface area contributed by atoms with E-state index in [1.807, 2.05) is 0 Å². The maximum absolute atomic E-state index is 10.7. The summed E-state index contributed by atoms with van der Waals surface area (Å²) in [6, 6.07) is 0. The Kier molecular flexibility index (Phi) is 8.40. The first-order valence-electron chi connectivity index (χ1n) is 3.68. The largest absolute Gasteiger partial charge is 0.466 e. The van der Waals surface area contributed by atoms with Crippen LogP contribution in [0.15, 0.2) is 0 Å². The second-order valence-corrected chi connectivity index (χ2v) is 3.02. The van der Waals surface area contributed by atoms with Crippen molar-refractivity contribution in [3.63, 3.8) is 0 Å². The second-order valence-electron chi connectivity index (χ2n) is 2.12. The van der Waals surface area contributed by atoms with Crippen molar-refractivity contribution < 1.29 is 9.53 Å². The predicted octanol–water partition coefficient (Wildman–Crippen LogP) is 1.56. The lowest BCUT2D eigenvalue weighted by Gasteiger charge is -2.01. The van der Waals surface area contributed by atoms with E-state index in [0.29, 0.717) is 18.8 Å². The minimum atomic E-state index is -0.154. The van der Waals surface area contributed by atoms with Crippen molar-refractivity contribution >= 4 is 31.2 Å². The molecule has 0 aromatic heterocycles. The van der Waals surface area contributed by atoms with Gasteiger partial charge in [0.05, 0.1) is 13.0 Å². The number of hydrogen-bond acceptors (Lipinski definition) is 4. The van der Waals surface area contributed by atoms with Crippen LogP contribution in [-0.2, 0) is 9.53 Å². The molecule has 0 atom stereocenters. The molecule has 11 heavy (non-hydrogen) atoms. The fraction of sp³-hybridized carbons (Fsp3) is 0.857. The third-order valence-corrected chi connectivity index (χ3v) is 1.67. The van der Waals surface area contributed by atoms with E-state index >= 15 is 0 Å². The van der Waals surface area contributed by atoms with Gasteiger partial charge in [-0.25, -0.2) is 0 Å². The lowest BCUT2D eigenvalue weighted by molar-refractivity contribution is -0.143. The van der Waals surface area contributed by atoms with Crippen LogP contribution in [0.1, 0.15) is 19.3 Å². The Labute approximate surface area is 78.5 Å². The van der Waals surface area contributed by atoms with E-state index in [0.717, 1.165) is 18.6 Å². The molecule has 0 fully saturated rings. The smallest absolute Gasteiger partial charge is 0.306 e. The van der Waals surface area contributed by atoms with Crippen molar-refractivity contribution in [3.05, 3.63) is 0 Å². The van der Waals surface area contributed by atoms with Crippen molar-refractivity contribution in [2.75, 3.05) is 18.1 Å². The van der Waals surface area contributed by atoms with Gasteiger partial charge in [-0.3, -0.25) is 4.79 Å². The summed E-state index contributed by atoms with van der Waals surface area (Å²) in [7, 11) is 0. The topological polar surface area (TPSA) is 26.3 Å². The zero-order chi connectivity index (χ0) is 8.53. The minimum absolute atomic E-state index is 0.154. The van der Waals surface area contributed by atoms with Crippen LogP contribution in [0.5, 0.6) is 0 Å². The number of thiol groups is 2. The van der Waals surface area contributed by atoms with Gasteiger partial charge in [0.25, 0.3) is 0 Å². The van der Waals surface area contributed by atoms with Crippen molar-refractivity contribution in [2.24, 2.45) is 0 Å². The number of carbonyl (C=O) groups excluding carboxylic acids is 1. The lowest BCUT2D eigenvalue weighted by Crippen LogP contribution is -2.06. The molecule has 0 amide bonds. The molecule has 0 bridgehead atoms. The fourth-order valence-corrected chi connectivity index (χ4v) is 0.970. The number of unbranched alkanes of at least 4 members (excludes halogenated alkanes) is 1. The van der Waals surface area contributed by atoms with Crippen LogP contribution in [0, 0.1) is 0 Å². The molecule has 0 heterocycles. The van der Waals surface area contributed by atoms with Gasteiger partial charge < -0.3 is 4.74 Å². The van der Waals surface area contributed by atoms with E-state index in [1.165, 1.54) is 0 Å². The summed E-state index contributed by atoms with van der Waals surface area (Å²) >= 11 is 7.94. The average molecular weight is 194 g/mol. The molecule has 0 aromatic carbocycles. The Balaban J connectivity index is 3.04. The molecule has 4 heteroatoms. The van der Waals surface area contributed by atoms with Gasteiger partial charge in [-0.15, -0.1) is 0 Å². The molecule has 0 spiro atoms. The summed E-state index contributed by atoms with van der Waals surface area (Å²) in [5, 5.41) is 0. The molecule has 66 valence electrons. The van der Waals surface area contributed by atoms with Crippen molar-refractivity contribution in [2.45, 2.75) is 19.3 Å². The molecule has 0 radical (unpaired) electrons. The molecule has 0 rings (SSSR count). The Morgan fingerprint density at radius 1 is 1.18 bits per heavy atom. The van der Waals surface area contributed by atoms with Crippen LogP contribution in [0.2, 0.25) is 0 Å². The van der Waals surface area contributed by atoms with Gasteiger partial charge in [0.2, 0.25) is 0 Å². The fourth-order valence-electron chi connectivity index (χ4n) is 0.563. The average Bonchev–Trinajstić information content (AvgIpc) is 1.99. The highest BCUT2D eigenvalue weighted by molar-refractivity contribution is 7.80. The molecule has 0 aliphatic heterocycles. The summed E-state index contributed by atoms with van der Waals surface area (Å²) in [4.78, 5) is 10.7. The molecule has 0 aliphatic carbocycles. The number of esters is 1. The van der Waals surface area contributed by atoms with E-state index in [9.17, 15) is 4.79 Å². The van der Waals surface area contributed by atoms with Gasteiger partial charge in [-0.05, 0) is 18.6 Å². The Bertz CT molecular complexity index is 107. The first kappa shape index (κ1) is 11.2. The van der Waals surface area contributed by atoms with E-state index in [-0.39, 0.29) is 5.97 Å². The second kappa shape index (κ2) is 8.27. The predicted molar refractivity (Wildman–Crippen MR) is 52.5 cm³/mol. The third kappa shape index (κ3) is 8.07. The zero-order valence-corrected chi connectivity index (χ0v) is 8.24. The third-order valence-electron chi connectivity index (χ3n) is 1.13. The maximum Gasteiger partial charge on any atom is 0.306 e. The summed E-state index contributed by atoms with van der Waals surface area (Å²) in [5.41, 5.74) is 0. The van der Waals surface area contributed by atoms with Gasteiger partial charge >= 0.3 is 5.97 Å². The summed E-state index contributed by atoms with van der Waals surface area (Å²) in [6.07, 6.45) is 2.31. The summed E-state index contributed by atoms with van der Waals surface area (Å²) in [5.74, 6) is 1.26. The number of ether oxygens (including phenoxy) is 1. The Morgan fingerprint density at radius 2 is 1.91 bits per heavy atom. The molecule has 0 aliphatic rings. The standard InChI is InChI=1S/C7H14O2S2/c8-7(3-6-11)9-4-1-2-5-10/h10-11H,1-6H2. The van der Waals surface area contributed by atoms with Gasteiger partial charge in [-0.1, -0.05) is 0 Å². The van der Waals surface area contributed by atoms with Crippen LogP contribution in [-0.4, -0.2) is 24.1 Å². The quantitative estimate of drug-likeness (QED) is 0.381. The normalized spacial score (nSPS) is 9.64. The van der Waals surface area contributed by atoms with Crippen LogP contribution in [0.4, 0.5) is 0 Å². The highest BCUT2D eigenvalue weighted by Crippen LogP contribution is 1.94. The zero-order valence-electron chi connectivity index (χ0n) is 6.45. The number of rotatable bonds is 6. The SMILES string of the molecule is O=C(CCS)OCCCCS. The van der Waals surface area contributed by atoms with Crippen LogP contribution in [0.25, 0.3) is 0 Å². The van der Waals surface area contributed by atoms with E-state index in [2.05, 4.69) is 25.3 Å². The molecule has 0 N–H and O–H groups in total. The van der Waals surface area contributed by atoms with E-state index < -0.39 is 0 Å². The lowest BCUT2D eigenvalue weighted by atomic mass is 10.3. The Hall–Kier alpha value is 0.170. The highest BCUT2D eigenvalue weighted by atomic mass is 32.1. The van der Waals surface area contributed by atoms with Crippen molar-refractivity contribution in [1.82, 2.24) is 0 Å². The molecule has 0 aromatic rings. The molecule has 2 nitrogen and oxygen atoms in total.